The lowest BCUT2D eigenvalue weighted by atomic mass is 9.85. The molecule has 1 aliphatic carbocycles. The standard InChI is InChI=1S/C11H21NO3/c1-4-5-11(2,10(13)14)12-8-6-9(7-8)15-3/h8-9,12H,4-7H2,1-3H3,(H,13,14). The first-order valence-electron chi connectivity index (χ1n) is 5.55. The highest BCUT2D eigenvalue weighted by atomic mass is 16.5. The number of carbonyl (C=O) groups is 1. The van der Waals surface area contributed by atoms with Crippen LogP contribution in [0.15, 0.2) is 0 Å². The molecule has 1 atom stereocenters. The number of ether oxygens (including phenoxy) is 1. The van der Waals surface area contributed by atoms with Gasteiger partial charge in [-0.15, -0.1) is 0 Å². The molecule has 4 heteroatoms. The molecule has 1 fully saturated rings. The second kappa shape index (κ2) is 4.94. The van der Waals surface area contributed by atoms with Gasteiger partial charge in [0.15, 0.2) is 0 Å². The molecule has 0 saturated heterocycles. The van der Waals surface area contributed by atoms with Crippen LogP contribution in [0.3, 0.4) is 0 Å². The maximum absolute atomic E-state index is 11.1. The first-order chi connectivity index (χ1) is 7.01. The van der Waals surface area contributed by atoms with Crippen LogP contribution in [0.4, 0.5) is 0 Å². The summed E-state index contributed by atoms with van der Waals surface area (Å²) in [5, 5.41) is 12.4. The van der Waals surface area contributed by atoms with E-state index < -0.39 is 11.5 Å². The number of rotatable bonds is 6. The fourth-order valence-electron chi connectivity index (χ4n) is 2.07. The molecule has 0 aliphatic heterocycles. The average Bonchev–Trinajstić information content (AvgIpc) is 2.10. The zero-order valence-electron chi connectivity index (χ0n) is 9.75. The summed E-state index contributed by atoms with van der Waals surface area (Å²) in [6.45, 7) is 3.76. The van der Waals surface area contributed by atoms with Crippen LogP contribution in [0.1, 0.15) is 39.5 Å². The van der Waals surface area contributed by atoms with E-state index in [4.69, 9.17) is 9.84 Å². The molecule has 4 nitrogen and oxygen atoms in total. The minimum absolute atomic E-state index is 0.294. The summed E-state index contributed by atoms with van der Waals surface area (Å²) in [4.78, 5) is 11.1. The number of hydrogen-bond donors (Lipinski definition) is 2. The van der Waals surface area contributed by atoms with Crippen molar-refractivity contribution in [3.63, 3.8) is 0 Å². The molecule has 0 heterocycles. The van der Waals surface area contributed by atoms with Gasteiger partial charge in [0.05, 0.1) is 6.10 Å². The summed E-state index contributed by atoms with van der Waals surface area (Å²) >= 11 is 0. The number of nitrogens with one attached hydrogen (secondary N) is 1. The smallest absolute Gasteiger partial charge is 0.323 e. The number of aliphatic carboxylic acids is 1. The molecule has 88 valence electrons. The Balaban J connectivity index is 2.43. The van der Waals surface area contributed by atoms with Gasteiger partial charge in [-0.25, -0.2) is 0 Å². The van der Waals surface area contributed by atoms with E-state index in [0.717, 1.165) is 19.3 Å². The van der Waals surface area contributed by atoms with E-state index >= 15 is 0 Å². The van der Waals surface area contributed by atoms with E-state index in [1.165, 1.54) is 0 Å². The van der Waals surface area contributed by atoms with Crippen LogP contribution in [-0.2, 0) is 9.53 Å². The Hall–Kier alpha value is -0.610. The Morgan fingerprint density at radius 1 is 1.60 bits per heavy atom. The van der Waals surface area contributed by atoms with Crippen molar-refractivity contribution in [3.05, 3.63) is 0 Å². The van der Waals surface area contributed by atoms with Gasteiger partial charge in [0.25, 0.3) is 0 Å². The van der Waals surface area contributed by atoms with Crippen LogP contribution < -0.4 is 5.32 Å². The summed E-state index contributed by atoms with van der Waals surface area (Å²) in [5.74, 6) is -0.759. The van der Waals surface area contributed by atoms with Crippen molar-refractivity contribution >= 4 is 5.97 Å². The van der Waals surface area contributed by atoms with E-state index in [9.17, 15) is 4.79 Å². The normalized spacial score (nSPS) is 29.3. The molecular formula is C11H21NO3. The molecule has 0 amide bonds. The Labute approximate surface area is 91.0 Å². The minimum Gasteiger partial charge on any atom is -0.480 e. The van der Waals surface area contributed by atoms with E-state index in [2.05, 4.69) is 5.32 Å². The summed E-state index contributed by atoms with van der Waals surface area (Å²) < 4.78 is 5.16. The molecule has 0 bridgehead atoms. The average molecular weight is 215 g/mol. The summed E-state index contributed by atoms with van der Waals surface area (Å²) in [5.41, 5.74) is -0.780. The molecule has 1 unspecified atom stereocenters. The molecule has 0 spiro atoms. The maximum atomic E-state index is 11.1. The summed E-state index contributed by atoms with van der Waals surface area (Å²) in [6.07, 6.45) is 3.68. The largest absolute Gasteiger partial charge is 0.480 e. The lowest BCUT2D eigenvalue weighted by Crippen LogP contribution is -2.58. The van der Waals surface area contributed by atoms with Crippen LogP contribution in [0, 0.1) is 0 Å². The van der Waals surface area contributed by atoms with Crippen LogP contribution in [0.2, 0.25) is 0 Å². The number of hydrogen-bond acceptors (Lipinski definition) is 3. The number of carboxylic acid groups (broad SMARTS) is 1. The maximum Gasteiger partial charge on any atom is 0.323 e. The van der Waals surface area contributed by atoms with Gasteiger partial charge in [0.1, 0.15) is 5.54 Å². The first kappa shape index (κ1) is 12.5. The summed E-state index contributed by atoms with van der Waals surface area (Å²) in [7, 11) is 1.70. The van der Waals surface area contributed by atoms with Gasteiger partial charge in [0, 0.05) is 13.2 Å². The van der Waals surface area contributed by atoms with Crippen LogP contribution in [-0.4, -0.2) is 35.9 Å². The zero-order chi connectivity index (χ0) is 11.5. The van der Waals surface area contributed by atoms with Crippen LogP contribution in [0.5, 0.6) is 0 Å². The van der Waals surface area contributed by atoms with E-state index in [0.29, 0.717) is 18.6 Å². The monoisotopic (exact) mass is 215 g/mol. The Morgan fingerprint density at radius 2 is 2.20 bits per heavy atom. The molecule has 0 aromatic heterocycles. The molecule has 0 aromatic rings. The van der Waals surface area contributed by atoms with Crippen molar-refractivity contribution in [2.45, 2.75) is 57.2 Å². The van der Waals surface area contributed by atoms with Crippen LogP contribution in [0.25, 0.3) is 0 Å². The highest BCUT2D eigenvalue weighted by molar-refractivity contribution is 5.78. The predicted octanol–water partition coefficient (Wildman–Crippen LogP) is 1.40. The second-order valence-electron chi connectivity index (χ2n) is 4.56. The summed E-state index contributed by atoms with van der Waals surface area (Å²) in [6, 6.07) is 0.294. The van der Waals surface area contributed by atoms with Gasteiger partial charge in [-0.2, -0.15) is 0 Å². The minimum atomic E-state index is -0.780. The molecular weight excluding hydrogens is 194 g/mol. The Bertz CT molecular complexity index is 226. The Kier molecular flexibility index (Phi) is 4.11. The highest BCUT2D eigenvalue weighted by Gasteiger charge is 2.38. The Morgan fingerprint density at radius 3 is 2.60 bits per heavy atom. The van der Waals surface area contributed by atoms with Gasteiger partial charge in [-0.3, -0.25) is 10.1 Å². The third-order valence-electron chi connectivity index (χ3n) is 3.17. The third kappa shape index (κ3) is 2.92. The van der Waals surface area contributed by atoms with Gasteiger partial charge < -0.3 is 9.84 Å². The van der Waals surface area contributed by atoms with Crippen molar-refractivity contribution in [3.8, 4) is 0 Å². The predicted molar refractivity (Wildman–Crippen MR) is 57.9 cm³/mol. The molecule has 1 saturated carbocycles. The van der Waals surface area contributed by atoms with Crippen molar-refractivity contribution < 1.29 is 14.6 Å². The van der Waals surface area contributed by atoms with Gasteiger partial charge in [0.2, 0.25) is 0 Å². The fraction of sp³-hybridized carbons (Fsp3) is 0.909. The SMILES string of the molecule is CCCC(C)(NC1CC(OC)C1)C(=O)O. The van der Waals surface area contributed by atoms with Crippen molar-refractivity contribution in [1.29, 1.82) is 0 Å². The van der Waals surface area contributed by atoms with Crippen LogP contribution >= 0.6 is 0 Å². The number of carboxylic acids is 1. The molecule has 1 rings (SSSR count). The lowest BCUT2D eigenvalue weighted by molar-refractivity contribution is -0.145. The molecule has 0 aromatic carbocycles. The van der Waals surface area contributed by atoms with Crippen molar-refractivity contribution in [1.82, 2.24) is 5.32 Å². The zero-order valence-corrected chi connectivity index (χ0v) is 9.75. The molecule has 15 heavy (non-hydrogen) atoms. The van der Waals surface area contributed by atoms with E-state index in [1.54, 1.807) is 14.0 Å². The lowest BCUT2D eigenvalue weighted by Gasteiger charge is -2.40. The highest BCUT2D eigenvalue weighted by Crippen LogP contribution is 2.26. The molecule has 0 radical (unpaired) electrons. The molecule has 2 N–H and O–H groups in total. The number of methoxy groups -OCH3 is 1. The quantitative estimate of drug-likeness (QED) is 0.703. The van der Waals surface area contributed by atoms with Crippen molar-refractivity contribution in [2.75, 3.05) is 7.11 Å². The van der Waals surface area contributed by atoms with Gasteiger partial charge in [-0.05, 0) is 26.2 Å². The van der Waals surface area contributed by atoms with E-state index in [1.807, 2.05) is 6.92 Å². The van der Waals surface area contributed by atoms with Crippen molar-refractivity contribution in [2.24, 2.45) is 0 Å². The van der Waals surface area contributed by atoms with E-state index in [-0.39, 0.29) is 0 Å². The fourth-order valence-corrected chi connectivity index (χ4v) is 2.07. The first-order valence-corrected chi connectivity index (χ1v) is 5.55. The van der Waals surface area contributed by atoms with Gasteiger partial charge in [-0.1, -0.05) is 13.3 Å². The third-order valence-corrected chi connectivity index (χ3v) is 3.17. The topological polar surface area (TPSA) is 58.6 Å². The second-order valence-corrected chi connectivity index (χ2v) is 4.56. The molecule has 1 aliphatic rings. The van der Waals surface area contributed by atoms with Gasteiger partial charge >= 0.3 is 5.97 Å².